The molecule has 0 radical (unpaired) electrons. The zero-order valence-corrected chi connectivity index (χ0v) is 20.0. The minimum Gasteiger partial charge on any atom is -0.497 e. The molecule has 0 spiro atoms. The molecule has 5 heteroatoms. The summed E-state index contributed by atoms with van der Waals surface area (Å²) in [4.78, 5) is 0. The summed E-state index contributed by atoms with van der Waals surface area (Å²) < 4.78 is 22.1. The Morgan fingerprint density at radius 2 is 1.32 bits per heavy atom. The Labute approximate surface area is 202 Å². The first-order valence-corrected chi connectivity index (χ1v) is 12.0. The third-order valence-electron chi connectivity index (χ3n) is 6.44. The fraction of sp³-hybridized carbons (Fsp3) is 0.379. The summed E-state index contributed by atoms with van der Waals surface area (Å²) in [5.41, 5.74) is 2.25. The van der Waals surface area contributed by atoms with E-state index in [0.717, 1.165) is 60.5 Å². The van der Waals surface area contributed by atoms with E-state index in [1.165, 1.54) is 12.0 Å². The normalized spacial score (nSPS) is 16.3. The molecular formula is C29H34O5. The van der Waals surface area contributed by atoms with E-state index in [1.54, 1.807) is 14.2 Å². The van der Waals surface area contributed by atoms with Crippen molar-refractivity contribution in [3.05, 3.63) is 95.1 Å². The number of aryl methyl sites for hydroxylation is 1. The maximum atomic E-state index is 12.1. The zero-order chi connectivity index (χ0) is 23.8. The maximum absolute atomic E-state index is 12.1. The Hall–Kier alpha value is -2.86. The predicted molar refractivity (Wildman–Crippen MR) is 132 cm³/mol. The molecule has 1 atom stereocenters. The van der Waals surface area contributed by atoms with E-state index >= 15 is 0 Å². The molecule has 1 heterocycles. The number of aliphatic hydroxyl groups is 1. The molecule has 1 fully saturated rings. The van der Waals surface area contributed by atoms with Gasteiger partial charge >= 0.3 is 0 Å². The molecule has 1 unspecified atom stereocenters. The molecule has 1 aliphatic rings. The van der Waals surface area contributed by atoms with Gasteiger partial charge in [0.15, 0.2) is 6.29 Å². The van der Waals surface area contributed by atoms with Gasteiger partial charge < -0.3 is 24.1 Å². The van der Waals surface area contributed by atoms with E-state index in [1.807, 2.05) is 60.7 Å². The molecule has 3 aromatic rings. The molecule has 1 N–H and O–H groups in total. The summed E-state index contributed by atoms with van der Waals surface area (Å²) in [6, 6.07) is 23.3. The van der Waals surface area contributed by atoms with Gasteiger partial charge in [0.25, 0.3) is 0 Å². The van der Waals surface area contributed by atoms with Crippen LogP contribution in [0.25, 0.3) is 0 Å². The summed E-state index contributed by atoms with van der Waals surface area (Å²) in [5.74, 6) is 1.49. The third kappa shape index (κ3) is 5.61. The number of hydrogen-bond donors (Lipinski definition) is 1. The van der Waals surface area contributed by atoms with E-state index in [9.17, 15) is 5.11 Å². The number of hydrogen-bond acceptors (Lipinski definition) is 5. The summed E-state index contributed by atoms with van der Waals surface area (Å²) in [7, 11) is 3.27. The van der Waals surface area contributed by atoms with Crippen molar-refractivity contribution in [1.82, 2.24) is 0 Å². The van der Waals surface area contributed by atoms with Crippen molar-refractivity contribution < 1.29 is 24.1 Å². The highest BCUT2D eigenvalue weighted by molar-refractivity contribution is 5.49. The second-order valence-corrected chi connectivity index (χ2v) is 8.63. The smallest absolute Gasteiger partial charge is 0.157 e. The summed E-state index contributed by atoms with van der Waals surface area (Å²) in [6.07, 6.45) is 5.10. The highest BCUT2D eigenvalue weighted by Gasteiger charge is 2.34. The summed E-state index contributed by atoms with van der Waals surface area (Å²) in [6.45, 7) is 1.49. The molecule has 0 bridgehead atoms. The molecule has 0 aliphatic carbocycles. The minimum atomic E-state index is -1.31. The molecule has 4 rings (SSSR count). The molecule has 1 aliphatic heterocycles. The first kappa shape index (κ1) is 24.3. The van der Waals surface area contributed by atoms with Crippen LogP contribution in [0, 0.1) is 0 Å². The molecule has 1 saturated heterocycles. The van der Waals surface area contributed by atoms with E-state index in [4.69, 9.17) is 18.9 Å². The molecule has 34 heavy (non-hydrogen) atoms. The summed E-state index contributed by atoms with van der Waals surface area (Å²) in [5, 5.41) is 12.1. The molecule has 5 nitrogen and oxygen atoms in total. The number of ether oxygens (including phenoxy) is 4. The average Bonchev–Trinajstić information content (AvgIpc) is 2.91. The van der Waals surface area contributed by atoms with Gasteiger partial charge in [0.05, 0.1) is 20.8 Å². The van der Waals surface area contributed by atoms with Crippen LogP contribution in [-0.4, -0.2) is 38.8 Å². The lowest BCUT2D eigenvalue weighted by Crippen LogP contribution is -2.28. The topological polar surface area (TPSA) is 57.2 Å². The van der Waals surface area contributed by atoms with Gasteiger partial charge in [-0.05, 0) is 78.6 Å². The average molecular weight is 463 g/mol. The molecule has 180 valence electrons. The largest absolute Gasteiger partial charge is 0.497 e. The summed E-state index contributed by atoms with van der Waals surface area (Å²) >= 11 is 0. The first-order chi connectivity index (χ1) is 16.6. The van der Waals surface area contributed by atoms with Gasteiger partial charge in [-0.15, -0.1) is 0 Å². The Morgan fingerprint density at radius 3 is 1.79 bits per heavy atom. The SMILES string of the molecule is COc1ccc(C(O)(c2ccc(CCCOC3CCCCO3)cc2)c2ccc(OC)cc2)cc1. The first-order valence-electron chi connectivity index (χ1n) is 12.0. The number of rotatable bonds is 10. The molecule has 0 aromatic heterocycles. The minimum absolute atomic E-state index is 0.0416. The molecular weight excluding hydrogens is 428 g/mol. The zero-order valence-electron chi connectivity index (χ0n) is 20.0. The van der Waals surface area contributed by atoms with Crippen LogP contribution >= 0.6 is 0 Å². The Bertz CT molecular complexity index is 958. The Balaban J connectivity index is 1.51. The van der Waals surface area contributed by atoms with Crippen LogP contribution in [-0.2, 0) is 21.5 Å². The van der Waals surface area contributed by atoms with Crippen LogP contribution in [0.4, 0.5) is 0 Å². The highest BCUT2D eigenvalue weighted by atomic mass is 16.7. The van der Waals surface area contributed by atoms with Crippen molar-refractivity contribution in [3.63, 3.8) is 0 Å². The maximum Gasteiger partial charge on any atom is 0.157 e. The quantitative estimate of drug-likeness (QED) is 0.320. The van der Waals surface area contributed by atoms with Gasteiger partial charge in [0.1, 0.15) is 17.1 Å². The van der Waals surface area contributed by atoms with Crippen LogP contribution in [0.15, 0.2) is 72.8 Å². The van der Waals surface area contributed by atoms with E-state index in [0.29, 0.717) is 6.61 Å². The Morgan fingerprint density at radius 1 is 0.794 bits per heavy atom. The second-order valence-electron chi connectivity index (χ2n) is 8.63. The van der Waals surface area contributed by atoms with Gasteiger partial charge in [0, 0.05) is 6.61 Å². The van der Waals surface area contributed by atoms with Gasteiger partial charge in [-0.25, -0.2) is 0 Å². The van der Waals surface area contributed by atoms with Crippen LogP contribution < -0.4 is 9.47 Å². The molecule has 0 saturated carbocycles. The van der Waals surface area contributed by atoms with Crippen LogP contribution in [0.1, 0.15) is 47.9 Å². The van der Waals surface area contributed by atoms with Crippen molar-refractivity contribution in [2.45, 2.75) is 44.0 Å². The van der Waals surface area contributed by atoms with Crippen molar-refractivity contribution in [3.8, 4) is 11.5 Å². The monoisotopic (exact) mass is 462 g/mol. The lowest BCUT2D eigenvalue weighted by Gasteiger charge is -2.30. The second kappa shape index (κ2) is 11.5. The van der Waals surface area contributed by atoms with Crippen molar-refractivity contribution in [2.75, 3.05) is 27.4 Å². The third-order valence-corrected chi connectivity index (χ3v) is 6.44. The number of methoxy groups -OCH3 is 2. The Kier molecular flexibility index (Phi) is 8.22. The van der Waals surface area contributed by atoms with E-state index in [-0.39, 0.29) is 6.29 Å². The van der Waals surface area contributed by atoms with Crippen molar-refractivity contribution in [1.29, 1.82) is 0 Å². The number of benzene rings is 3. The fourth-order valence-corrected chi connectivity index (χ4v) is 4.41. The predicted octanol–water partition coefficient (Wildman–Crippen LogP) is 5.46. The lowest BCUT2D eigenvalue weighted by molar-refractivity contribution is -0.162. The molecule has 3 aromatic carbocycles. The van der Waals surface area contributed by atoms with Crippen LogP contribution in [0.2, 0.25) is 0 Å². The van der Waals surface area contributed by atoms with Gasteiger partial charge in [-0.2, -0.15) is 0 Å². The standard InChI is InChI=1S/C29H34O5/c1-31-26-16-12-24(13-17-26)29(30,25-14-18-27(32-2)19-15-25)23-10-8-22(9-11-23)6-5-21-34-28-7-3-4-20-33-28/h8-19,28,30H,3-7,20-21H2,1-2H3. The lowest BCUT2D eigenvalue weighted by atomic mass is 9.80. The van der Waals surface area contributed by atoms with Crippen LogP contribution in [0.3, 0.4) is 0 Å². The van der Waals surface area contributed by atoms with Gasteiger partial charge in [-0.3, -0.25) is 0 Å². The van der Waals surface area contributed by atoms with E-state index < -0.39 is 5.60 Å². The highest BCUT2D eigenvalue weighted by Crippen LogP contribution is 2.38. The van der Waals surface area contributed by atoms with E-state index in [2.05, 4.69) is 12.1 Å². The van der Waals surface area contributed by atoms with Gasteiger partial charge in [0.2, 0.25) is 0 Å². The van der Waals surface area contributed by atoms with Gasteiger partial charge in [-0.1, -0.05) is 48.5 Å². The van der Waals surface area contributed by atoms with Crippen LogP contribution in [0.5, 0.6) is 11.5 Å². The van der Waals surface area contributed by atoms with Crippen molar-refractivity contribution in [2.24, 2.45) is 0 Å². The fourth-order valence-electron chi connectivity index (χ4n) is 4.41. The van der Waals surface area contributed by atoms with Crippen molar-refractivity contribution >= 4 is 0 Å². The molecule has 0 amide bonds.